The third kappa shape index (κ3) is 3.18. The molecule has 78 valence electrons. The van der Waals surface area contributed by atoms with Gasteiger partial charge in [0.15, 0.2) is 0 Å². The molecule has 0 aliphatic carbocycles. The predicted molar refractivity (Wildman–Crippen MR) is 58.0 cm³/mol. The summed E-state index contributed by atoms with van der Waals surface area (Å²) in [7, 11) is 0. The van der Waals surface area contributed by atoms with Gasteiger partial charge in [-0.05, 0) is 13.3 Å². The average Bonchev–Trinajstić information content (AvgIpc) is 2.17. The third-order valence-corrected chi connectivity index (χ3v) is 1.82. The molecule has 0 saturated carbocycles. The second kappa shape index (κ2) is 5.39. The summed E-state index contributed by atoms with van der Waals surface area (Å²) in [6, 6.07) is 1.90. The maximum absolute atomic E-state index is 5.24. The average molecular weight is 195 g/mol. The first kappa shape index (κ1) is 10.7. The molecule has 1 heterocycles. The second-order valence-electron chi connectivity index (χ2n) is 3.14. The van der Waals surface area contributed by atoms with Crippen molar-refractivity contribution in [2.75, 3.05) is 17.3 Å². The van der Waals surface area contributed by atoms with Crippen molar-refractivity contribution in [1.82, 2.24) is 9.97 Å². The van der Waals surface area contributed by atoms with Gasteiger partial charge in [0.25, 0.3) is 0 Å². The topological polar surface area (TPSA) is 75.9 Å². The van der Waals surface area contributed by atoms with Crippen molar-refractivity contribution in [1.29, 1.82) is 0 Å². The lowest BCUT2D eigenvalue weighted by Gasteiger charge is -2.07. The summed E-state index contributed by atoms with van der Waals surface area (Å²) in [5, 5.41) is 3.21. The molecule has 0 saturated heterocycles. The molecule has 5 nitrogen and oxygen atoms in total. The van der Waals surface area contributed by atoms with Crippen molar-refractivity contribution in [3.8, 4) is 0 Å². The highest BCUT2D eigenvalue weighted by Gasteiger charge is 1.99. The van der Waals surface area contributed by atoms with Crippen molar-refractivity contribution in [2.24, 2.45) is 5.84 Å². The lowest BCUT2D eigenvalue weighted by atomic mass is 10.3. The summed E-state index contributed by atoms with van der Waals surface area (Å²) in [6.45, 7) is 4.99. The van der Waals surface area contributed by atoms with Gasteiger partial charge in [0, 0.05) is 18.3 Å². The van der Waals surface area contributed by atoms with E-state index in [4.69, 9.17) is 5.84 Å². The van der Waals surface area contributed by atoms with Gasteiger partial charge in [-0.15, -0.1) is 0 Å². The highest BCUT2D eigenvalue weighted by Crippen LogP contribution is 2.08. The summed E-state index contributed by atoms with van der Waals surface area (Å²) < 4.78 is 0. The molecule has 0 bridgehead atoms. The molecular formula is C9H17N5. The third-order valence-electron chi connectivity index (χ3n) is 1.82. The van der Waals surface area contributed by atoms with Crippen LogP contribution in [-0.4, -0.2) is 16.5 Å². The van der Waals surface area contributed by atoms with Gasteiger partial charge in [-0.1, -0.05) is 13.3 Å². The zero-order valence-corrected chi connectivity index (χ0v) is 8.67. The molecule has 5 heteroatoms. The van der Waals surface area contributed by atoms with Crippen LogP contribution in [0.15, 0.2) is 6.07 Å². The van der Waals surface area contributed by atoms with Crippen molar-refractivity contribution in [2.45, 2.75) is 26.7 Å². The number of rotatable bonds is 5. The number of aryl methyl sites for hydroxylation is 1. The SMILES string of the molecule is CCCCNc1cc(C)nc(NN)n1. The predicted octanol–water partition coefficient (Wildman–Crippen LogP) is 1.28. The van der Waals surface area contributed by atoms with Gasteiger partial charge in [0.1, 0.15) is 5.82 Å². The van der Waals surface area contributed by atoms with E-state index >= 15 is 0 Å². The lowest BCUT2D eigenvalue weighted by Crippen LogP contribution is -2.13. The number of hydrogen-bond acceptors (Lipinski definition) is 5. The maximum Gasteiger partial charge on any atom is 0.239 e. The molecule has 0 atom stereocenters. The van der Waals surface area contributed by atoms with Gasteiger partial charge in [-0.25, -0.2) is 10.8 Å². The van der Waals surface area contributed by atoms with Gasteiger partial charge < -0.3 is 5.32 Å². The fourth-order valence-electron chi connectivity index (χ4n) is 1.12. The van der Waals surface area contributed by atoms with Crippen LogP contribution in [0.3, 0.4) is 0 Å². The largest absolute Gasteiger partial charge is 0.370 e. The molecule has 0 unspecified atom stereocenters. The fraction of sp³-hybridized carbons (Fsp3) is 0.556. The van der Waals surface area contributed by atoms with Crippen LogP contribution in [-0.2, 0) is 0 Å². The second-order valence-corrected chi connectivity index (χ2v) is 3.14. The lowest BCUT2D eigenvalue weighted by molar-refractivity contribution is 0.830. The molecule has 0 amide bonds. The van der Waals surface area contributed by atoms with Crippen LogP contribution in [0.5, 0.6) is 0 Å². The molecule has 0 radical (unpaired) electrons. The summed E-state index contributed by atoms with van der Waals surface area (Å²) >= 11 is 0. The molecule has 0 spiro atoms. The van der Waals surface area contributed by atoms with Crippen LogP contribution in [0.1, 0.15) is 25.5 Å². The summed E-state index contributed by atoms with van der Waals surface area (Å²) in [5.41, 5.74) is 3.33. The highest BCUT2D eigenvalue weighted by atomic mass is 15.3. The molecule has 1 aromatic rings. The van der Waals surface area contributed by atoms with E-state index < -0.39 is 0 Å². The van der Waals surface area contributed by atoms with Crippen LogP contribution in [0.2, 0.25) is 0 Å². The Morgan fingerprint density at radius 3 is 2.86 bits per heavy atom. The molecule has 14 heavy (non-hydrogen) atoms. The van der Waals surface area contributed by atoms with Gasteiger partial charge in [-0.3, -0.25) is 5.43 Å². The monoisotopic (exact) mass is 195 g/mol. The number of nitrogens with two attached hydrogens (primary N) is 1. The molecule has 0 aliphatic heterocycles. The number of nitrogens with one attached hydrogen (secondary N) is 2. The summed E-state index contributed by atoms with van der Waals surface area (Å²) in [6.07, 6.45) is 2.30. The first-order valence-electron chi connectivity index (χ1n) is 4.82. The van der Waals surface area contributed by atoms with Crippen LogP contribution in [0, 0.1) is 6.92 Å². The van der Waals surface area contributed by atoms with Crippen LogP contribution < -0.4 is 16.6 Å². The van der Waals surface area contributed by atoms with E-state index in [1.807, 2.05) is 13.0 Å². The first-order chi connectivity index (χ1) is 6.76. The van der Waals surface area contributed by atoms with Gasteiger partial charge in [0.2, 0.25) is 5.95 Å². The Labute approximate surface area is 84.1 Å². The van der Waals surface area contributed by atoms with E-state index in [2.05, 4.69) is 27.6 Å². The zero-order chi connectivity index (χ0) is 10.4. The normalized spacial score (nSPS) is 9.93. The standard InChI is InChI=1S/C9H17N5/c1-3-4-5-11-8-6-7(2)12-9(13-8)14-10/h6H,3-5,10H2,1-2H3,(H2,11,12,13,14). The molecule has 1 aromatic heterocycles. The van der Waals surface area contributed by atoms with E-state index in [-0.39, 0.29) is 0 Å². The van der Waals surface area contributed by atoms with Crippen LogP contribution in [0.4, 0.5) is 11.8 Å². The first-order valence-corrected chi connectivity index (χ1v) is 4.82. The number of anilines is 2. The summed E-state index contributed by atoms with van der Waals surface area (Å²) in [5.74, 6) is 6.51. The van der Waals surface area contributed by atoms with Crippen molar-refractivity contribution in [3.63, 3.8) is 0 Å². The highest BCUT2D eigenvalue weighted by molar-refractivity contribution is 5.41. The van der Waals surface area contributed by atoms with E-state index in [1.54, 1.807) is 0 Å². The molecule has 4 N–H and O–H groups in total. The Kier molecular flexibility index (Phi) is 4.12. The van der Waals surface area contributed by atoms with Crippen LogP contribution in [0.25, 0.3) is 0 Å². The number of nitrogens with zero attached hydrogens (tertiary/aromatic N) is 2. The number of unbranched alkanes of at least 4 members (excludes halogenated alkanes) is 1. The van der Waals surface area contributed by atoms with Crippen LogP contribution >= 0.6 is 0 Å². The summed E-state index contributed by atoms with van der Waals surface area (Å²) in [4.78, 5) is 8.26. The Morgan fingerprint density at radius 1 is 1.43 bits per heavy atom. The Hall–Kier alpha value is -1.36. The molecule has 0 aliphatic rings. The van der Waals surface area contributed by atoms with Crippen molar-refractivity contribution < 1.29 is 0 Å². The van der Waals surface area contributed by atoms with E-state index in [0.717, 1.165) is 24.5 Å². The van der Waals surface area contributed by atoms with Crippen molar-refractivity contribution >= 4 is 11.8 Å². The molecule has 0 fully saturated rings. The minimum absolute atomic E-state index is 0.448. The number of hydrogen-bond donors (Lipinski definition) is 3. The van der Waals surface area contributed by atoms with Gasteiger partial charge in [0.05, 0.1) is 0 Å². The maximum atomic E-state index is 5.24. The fourth-order valence-corrected chi connectivity index (χ4v) is 1.12. The number of hydrazine groups is 1. The quantitative estimate of drug-likeness (QED) is 0.375. The smallest absolute Gasteiger partial charge is 0.239 e. The molecular weight excluding hydrogens is 178 g/mol. The van der Waals surface area contributed by atoms with Crippen molar-refractivity contribution in [3.05, 3.63) is 11.8 Å². The van der Waals surface area contributed by atoms with E-state index in [1.165, 1.54) is 6.42 Å². The zero-order valence-electron chi connectivity index (χ0n) is 8.67. The minimum atomic E-state index is 0.448. The van der Waals surface area contributed by atoms with E-state index in [0.29, 0.717) is 5.95 Å². The number of nitrogen functional groups attached to an aromatic ring is 1. The number of aromatic nitrogens is 2. The Balaban J connectivity index is 2.62. The van der Waals surface area contributed by atoms with Gasteiger partial charge >= 0.3 is 0 Å². The Bertz CT molecular complexity index is 287. The Morgan fingerprint density at radius 2 is 2.21 bits per heavy atom. The molecule has 0 aromatic carbocycles. The minimum Gasteiger partial charge on any atom is -0.370 e. The molecule has 1 rings (SSSR count). The van der Waals surface area contributed by atoms with Gasteiger partial charge in [-0.2, -0.15) is 4.98 Å². The van der Waals surface area contributed by atoms with E-state index in [9.17, 15) is 0 Å².